The Balaban J connectivity index is 1.63. The summed E-state index contributed by atoms with van der Waals surface area (Å²) in [5.74, 6) is 1.69. The first kappa shape index (κ1) is 16.4. The van der Waals surface area contributed by atoms with Gasteiger partial charge in [0, 0.05) is 43.1 Å². The van der Waals surface area contributed by atoms with Crippen molar-refractivity contribution in [1.82, 2.24) is 9.88 Å². The van der Waals surface area contributed by atoms with E-state index in [1.54, 1.807) is 7.11 Å². The van der Waals surface area contributed by atoms with Crippen molar-refractivity contribution < 1.29 is 19.0 Å². The van der Waals surface area contributed by atoms with Gasteiger partial charge < -0.3 is 19.1 Å². The minimum atomic E-state index is 0.151. The molecule has 1 aromatic heterocycles. The zero-order valence-electron chi connectivity index (χ0n) is 14.0. The van der Waals surface area contributed by atoms with Crippen LogP contribution in [0.4, 0.5) is 0 Å². The molecule has 0 N–H and O–H groups in total. The third-order valence-electron chi connectivity index (χ3n) is 4.50. The Morgan fingerprint density at radius 2 is 2.08 bits per heavy atom. The number of benzene rings is 1. The van der Waals surface area contributed by atoms with Crippen molar-refractivity contribution in [2.75, 3.05) is 27.1 Å². The summed E-state index contributed by atoms with van der Waals surface area (Å²) in [7, 11) is 1.63. The summed E-state index contributed by atoms with van der Waals surface area (Å²) in [6.45, 7) is 1.68. The molecule has 1 aliphatic carbocycles. The number of pyridine rings is 1. The number of nitrogens with zero attached hydrogens (tertiary/aromatic N) is 2. The number of carbonyl (C=O) groups is 1. The molecule has 0 atom stereocenters. The molecule has 1 fully saturated rings. The predicted octanol–water partition coefficient (Wildman–Crippen LogP) is 3.00. The van der Waals surface area contributed by atoms with E-state index in [4.69, 9.17) is 25.8 Å². The summed E-state index contributed by atoms with van der Waals surface area (Å²) in [5.41, 5.74) is 1.56. The van der Waals surface area contributed by atoms with Gasteiger partial charge in [0.15, 0.2) is 11.5 Å². The van der Waals surface area contributed by atoms with Crippen LogP contribution in [-0.4, -0.2) is 42.8 Å². The first-order valence-electron chi connectivity index (χ1n) is 8.32. The fourth-order valence-corrected chi connectivity index (χ4v) is 3.16. The van der Waals surface area contributed by atoms with Gasteiger partial charge in [-0.3, -0.25) is 4.79 Å². The van der Waals surface area contributed by atoms with Gasteiger partial charge in [-0.2, -0.15) is 0 Å². The number of aromatic nitrogens is 1. The van der Waals surface area contributed by atoms with Crippen LogP contribution >= 0.6 is 11.6 Å². The van der Waals surface area contributed by atoms with Gasteiger partial charge in [0.25, 0.3) is 0 Å². The number of hydrogen-bond donors (Lipinski definition) is 0. The van der Waals surface area contributed by atoms with Crippen LogP contribution in [0.2, 0.25) is 5.15 Å². The number of rotatable bonds is 6. The molecule has 4 rings (SSSR count). The van der Waals surface area contributed by atoms with Gasteiger partial charge in [-0.1, -0.05) is 11.6 Å². The van der Waals surface area contributed by atoms with Crippen molar-refractivity contribution in [3.63, 3.8) is 0 Å². The zero-order chi connectivity index (χ0) is 17.4. The Hall–Kier alpha value is -2.05. The van der Waals surface area contributed by atoms with Gasteiger partial charge in [0.05, 0.1) is 12.1 Å². The van der Waals surface area contributed by atoms with Crippen LogP contribution in [0.5, 0.6) is 11.5 Å². The number of amides is 1. The van der Waals surface area contributed by atoms with Crippen LogP contribution in [-0.2, 0) is 16.1 Å². The molecule has 1 aromatic carbocycles. The summed E-state index contributed by atoms with van der Waals surface area (Å²) in [6, 6.07) is 5.69. The molecule has 0 saturated heterocycles. The maximum atomic E-state index is 12.5. The van der Waals surface area contributed by atoms with Crippen molar-refractivity contribution in [3.05, 3.63) is 28.9 Å². The minimum absolute atomic E-state index is 0.151. The average Bonchev–Trinajstić information content (AvgIpc) is 3.36. The number of halogens is 1. The van der Waals surface area contributed by atoms with E-state index in [1.807, 2.05) is 23.1 Å². The van der Waals surface area contributed by atoms with E-state index in [9.17, 15) is 4.79 Å². The van der Waals surface area contributed by atoms with E-state index in [-0.39, 0.29) is 18.6 Å². The number of hydrogen-bond acceptors (Lipinski definition) is 5. The van der Waals surface area contributed by atoms with Gasteiger partial charge in [-0.25, -0.2) is 4.98 Å². The number of carbonyl (C=O) groups excluding carboxylic acids is 1. The van der Waals surface area contributed by atoms with E-state index in [1.165, 1.54) is 0 Å². The zero-order valence-corrected chi connectivity index (χ0v) is 14.7. The average molecular weight is 363 g/mol. The lowest BCUT2D eigenvalue weighted by Crippen LogP contribution is -2.34. The first-order valence-corrected chi connectivity index (χ1v) is 8.70. The highest BCUT2D eigenvalue weighted by Gasteiger charge is 2.33. The van der Waals surface area contributed by atoms with Crippen molar-refractivity contribution >= 4 is 28.4 Å². The van der Waals surface area contributed by atoms with Gasteiger partial charge in [0.2, 0.25) is 12.7 Å². The van der Waals surface area contributed by atoms with E-state index >= 15 is 0 Å². The third-order valence-corrected chi connectivity index (χ3v) is 4.83. The van der Waals surface area contributed by atoms with Gasteiger partial charge in [0.1, 0.15) is 5.15 Å². The normalized spacial score (nSPS) is 15.6. The summed E-state index contributed by atoms with van der Waals surface area (Å²) in [6.07, 6.45) is 1.94. The molecule has 0 radical (unpaired) electrons. The van der Waals surface area contributed by atoms with Crippen LogP contribution in [0.3, 0.4) is 0 Å². The lowest BCUT2D eigenvalue weighted by atomic mass is 10.1. The number of ether oxygens (including phenoxy) is 3. The van der Waals surface area contributed by atoms with Crippen LogP contribution in [0.15, 0.2) is 18.2 Å². The Labute approximate surface area is 150 Å². The Morgan fingerprint density at radius 1 is 1.32 bits per heavy atom. The third kappa shape index (κ3) is 3.37. The second-order valence-corrected chi connectivity index (χ2v) is 6.72. The van der Waals surface area contributed by atoms with Gasteiger partial charge in [-0.15, -0.1) is 0 Å². The van der Waals surface area contributed by atoms with E-state index in [2.05, 4.69) is 4.98 Å². The van der Waals surface area contributed by atoms with Crippen molar-refractivity contribution in [2.45, 2.75) is 19.4 Å². The van der Waals surface area contributed by atoms with Crippen molar-refractivity contribution in [1.29, 1.82) is 0 Å². The van der Waals surface area contributed by atoms with E-state index in [0.717, 1.165) is 29.3 Å². The van der Waals surface area contributed by atoms with Crippen LogP contribution < -0.4 is 9.47 Å². The number of methoxy groups -OCH3 is 1. The summed E-state index contributed by atoms with van der Waals surface area (Å²) >= 11 is 6.38. The largest absolute Gasteiger partial charge is 0.454 e. The van der Waals surface area contributed by atoms with Crippen LogP contribution in [0.1, 0.15) is 18.4 Å². The molecule has 0 unspecified atom stereocenters. The minimum Gasteiger partial charge on any atom is -0.454 e. The smallest absolute Gasteiger partial charge is 0.231 e. The maximum absolute atomic E-state index is 12.5. The SMILES string of the molecule is COCCN(Cc1cc2cc3c(cc2nc1Cl)OCO3)C(=O)C1CC1. The highest BCUT2D eigenvalue weighted by atomic mass is 35.5. The fraction of sp³-hybridized carbons (Fsp3) is 0.444. The highest BCUT2D eigenvalue weighted by molar-refractivity contribution is 6.30. The van der Waals surface area contributed by atoms with Crippen LogP contribution in [0.25, 0.3) is 10.9 Å². The van der Waals surface area contributed by atoms with Gasteiger partial charge in [-0.05, 0) is 25.0 Å². The molecule has 1 saturated carbocycles. The van der Waals surface area contributed by atoms with Gasteiger partial charge >= 0.3 is 0 Å². The molecule has 2 aliphatic rings. The number of fused-ring (bicyclic) bond motifs is 2. The molecule has 6 nitrogen and oxygen atoms in total. The summed E-state index contributed by atoms with van der Waals surface area (Å²) in [4.78, 5) is 18.8. The molecule has 0 spiro atoms. The van der Waals surface area contributed by atoms with Crippen molar-refractivity contribution in [2.24, 2.45) is 5.92 Å². The molecular weight excluding hydrogens is 344 g/mol. The lowest BCUT2D eigenvalue weighted by molar-refractivity contribution is -0.133. The standard InChI is InChI=1S/C18H19ClN2O4/c1-23-5-4-21(18(22)11-2-3-11)9-13-6-12-7-15-16(25-10-24-15)8-14(12)20-17(13)19/h6-8,11H,2-5,9-10H2,1H3. The second kappa shape index (κ2) is 6.69. The van der Waals surface area contributed by atoms with Crippen LogP contribution in [0, 0.1) is 5.92 Å². The highest BCUT2D eigenvalue weighted by Crippen LogP contribution is 2.37. The Bertz CT molecular complexity index is 822. The summed E-state index contributed by atoms with van der Waals surface area (Å²) in [5, 5.41) is 1.31. The lowest BCUT2D eigenvalue weighted by Gasteiger charge is -2.23. The molecule has 0 bridgehead atoms. The Morgan fingerprint density at radius 3 is 2.80 bits per heavy atom. The second-order valence-electron chi connectivity index (χ2n) is 6.36. The fourth-order valence-electron chi connectivity index (χ4n) is 2.96. The molecule has 2 aromatic rings. The predicted molar refractivity (Wildman–Crippen MR) is 92.9 cm³/mol. The quantitative estimate of drug-likeness (QED) is 0.739. The molecule has 7 heteroatoms. The molecule has 1 aliphatic heterocycles. The monoisotopic (exact) mass is 362 g/mol. The topological polar surface area (TPSA) is 60.9 Å². The molecule has 2 heterocycles. The molecular formula is C18H19ClN2O4. The first-order chi connectivity index (χ1) is 12.2. The summed E-state index contributed by atoms with van der Waals surface area (Å²) < 4.78 is 15.9. The maximum Gasteiger partial charge on any atom is 0.231 e. The molecule has 25 heavy (non-hydrogen) atoms. The van der Waals surface area contributed by atoms with E-state index < -0.39 is 0 Å². The Kier molecular flexibility index (Phi) is 4.39. The molecule has 132 valence electrons. The van der Waals surface area contributed by atoms with Crippen molar-refractivity contribution in [3.8, 4) is 11.5 Å². The van der Waals surface area contributed by atoms with E-state index in [0.29, 0.717) is 36.3 Å². The molecule has 1 amide bonds.